The number of anilines is 1. The molecule has 1 amide bonds. The number of nitrogens with one attached hydrogen (secondary N) is 1. The third-order valence-electron chi connectivity index (χ3n) is 4.62. The number of non-ortho nitro benzene ring substituents is 1. The maximum absolute atomic E-state index is 13.1. The molecule has 1 unspecified atom stereocenters. The molecule has 0 bridgehead atoms. The average molecular weight is 531 g/mol. The number of carbonyl (C=O) groups is 2. The van der Waals surface area contributed by atoms with Gasteiger partial charge in [-0.1, -0.05) is 30.3 Å². The van der Waals surface area contributed by atoms with Gasteiger partial charge in [-0.3, -0.25) is 14.9 Å². The molecule has 1 atom stereocenters. The number of esters is 1. The van der Waals surface area contributed by atoms with Crippen LogP contribution in [0.25, 0.3) is 0 Å². The van der Waals surface area contributed by atoms with Crippen LogP contribution in [0.5, 0.6) is 5.75 Å². The summed E-state index contributed by atoms with van der Waals surface area (Å²) >= 11 is 4.72. The molecule has 0 aliphatic heterocycles. The lowest BCUT2D eigenvalue weighted by Crippen LogP contribution is -2.26. The van der Waals surface area contributed by atoms with Crippen LogP contribution in [0.2, 0.25) is 0 Å². The zero-order chi connectivity index (χ0) is 24.0. The van der Waals surface area contributed by atoms with Crippen LogP contribution in [0.3, 0.4) is 0 Å². The van der Waals surface area contributed by atoms with E-state index >= 15 is 0 Å². The van der Waals surface area contributed by atoms with Crippen LogP contribution in [0.4, 0.5) is 11.4 Å². The fourth-order valence-electron chi connectivity index (χ4n) is 2.96. The molecule has 0 radical (unpaired) electrons. The first-order valence-electron chi connectivity index (χ1n) is 9.56. The molecule has 3 rings (SSSR count). The first-order valence-corrected chi connectivity index (χ1v) is 11.6. The topological polar surface area (TPSA) is 108 Å². The van der Waals surface area contributed by atoms with Crippen LogP contribution in [0.15, 0.2) is 76.1 Å². The van der Waals surface area contributed by atoms with Gasteiger partial charge in [-0.05, 0) is 46.5 Å². The smallest absolute Gasteiger partial charge is 0.343 e. The van der Waals surface area contributed by atoms with E-state index in [4.69, 9.17) is 9.47 Å². The number of nitro groups is 1. The Morgan fingerprint density at radius 2 is 1.82 bits per heavy atom. The summed E-state index contributed by atoms with van der Waals surface area (Å²) in [5.41, 5.74) is 0.804. The molecule has 3 aromatic rings. The van der Waals surface area contributed by atoms with E-state index in [9.17, 15) is 19.7 Å². The number of halogens is 1. The van der Waals surface area contributed by atoms with Crippen molar-refractivity contribution in [1.82, 2.24) is 0 Å². The van der Waals surface area contributed by atoms with Crippen LogP contribution in [-0.2, 0) is 9.53 Å². The quantitative estimate of drug-likeness (QED) is 0.174. The van der Waals surface area contributed by atoms with Gasteiger partial charge in [0.15, 0.2) is 0 Å². The summed E-state index contributed by atoms with van der Waals surface area (Å²) in [6.07, 6.45) is 0.629. The number of amides is 1. The van der Waals surface area contributed by atoms with Crippen LogP contribution in [0, 0.1) is 10.1 Å². The molecule has 0 saturated carbocycles. The standard InChI is InChI=1S/C23H19BrN2O6S/c1-31-20-13-16(33-2)9-10-17(20)23(28)32-21(14-6-4-3-5-7-14)22(27)25-19-11-8-15(26(29)30)12-18(19)24/h3-13,21H,1-2H3,(H,25,27). The van der Waals surface area contributed by atoms with E-state index in [-0.39, 0.29) is 11.3 Å². The lowest BCUT2D eigenvalue weighted by atomic mass is 10.1. The molecule has 33 heavy (non-hydrogen) atoms. The highest BCUT2D eigenvalue weighted by atomic mass is 79.9. The van der Waals surface area contributed by atoms with Crippen molar-refractivity contribution in [3.05, 3.63) is 92.4 Å². The molecule has 8 nitrogen and oxygen atoms in total. The van der Waals surface area contributed by atoms with Gasteiger partial charge in [0, 0.05) is 27.1 Å². The highest BCUT2D eigenvalue weighted by Crippen LogP contribution is 2.31. The Labute approximate surface area is 202 Å². The summed E-state index contributed by atoms with van der Waals surface area (Å²) in [4.78, 5) is 37.4. The van der Waals surface area contributed by atoms with Gasteiger partial charge in [0.05, 0.1) is 17.7 Å². The number of nitrogens with zero attached hydrogens (tertiary/aromatic N) is 1. The van der Waals surface area contributed by atoms with Gasteiger partial charge in [-0.15, -0.1) is 11.8 Å². The van der Waals surface area contributed by atoms with Gasteiger partial charge in [0.1, 0.15) is 11.3 Å². The van der Waals surface area contributed by atoms with Crippen molar-refractivity contribution in [2.24, 2.45) is 0 Å². The van der Waals surface area contributed by atoms with Crippen molar-refractivity contribution in [3.63, 3.8) is 0 Å². The van der Waals surface area contributed by atoms with Crippen molar-refractivity contribution in [3.8, 4) is 5.75 Å². The number of benzene rings is 3. The Kier molecular flexibility index (Phi) is 8.07. The minimum absolute atomic E-state index is 0.133. The molecule has 10 heteroatoms. The number of rotatable bonds is 8. The maximum Gasteiger partial charge on any atom is 0.343 e. The van der Waals surface area contributed by atoms with Crippen molar-refractivity contribution in [2.75, 3.05) is 18.7 Å². The Morgan fingerprint density at radius 1 is 1.09 bits per heavy atom. The normalized spacial score (nSPS) is 11.4. The van der Waals surface area contributed by atoms with Gasteiger partial charge < -0.3 is 14.8 Å². The zero-order valence-corrected chi connectivity index (χ0v) is 20.0. The second-order valence-electron chi connectivity index (χ2n) is 6.67. The number of methoxy groups -OCH3 is 1. The number of hydrogen-bond acceptors (Lipinski definition) is 7. The number of ether oxygens (including phenoxy) is 2. The highest BCUT2D eigenvalue weighted by Gasteiger charge is 2.28. The summed E-state index contributed by atoms with van der Waals surface area (Å²) in [6, 6.07) is 17.5. The van der Waals surface area contributed by atoms with Gasteiger partial charge in [0.2, 0.25) is 6.10 Å². The van der Waals surface area contributed by atoms with Crippen LogP contribution >= 0.6 is 27.7 Å². The monoisotopic (exact) mass is 530 g/mol. The molecule has 0 aromatic heterocycles. The third kappa shape index (κ3) is 5.91. The predicted octanol–water partition coefficient (Wildman–Crippen LogP) is 5.62. The number of thioether (sulfide) groups is 1. The third-order valence-corrected chi connectivity index (χ3v) is 6.00. The largest absolute Gasteiger partial charge is 0.496 e. The van der Waals surface area contributed by atoms with E-state index in [1.165, 1.54) is 37.1 Å². The van der Waals surface area contributed by atoms with Gasteiger partial charge in [-0.2, -0.15) is 0 Å². The molecule has 0 fully saturated rings. The molecule has 0 aliphatic rings. The number of nitro benzene ring substituents is 1. The van der Waals surface area contributed by atoms with E-state index in [0.717, 1.165) is 4.90 Å². The first-order chi connectivity index (χ1) is 15.8. The molecule has 1 N–H and O–H groups in total. The second kappa shape index (κ2) is 11.0. The Bertz CT molecular complexity index is 1190. The van der Waals surface area contributed by atoms with Crippen molar-refractivity contribution >= 4 is 50.9 Å². The van der Waals surface area contributed by atoms with Gasteiger partial charge in [-0.25, -0.2) is 4.79 Å². The SMILES string of the molecule is COc1cc(SC)ccc1C(=O)OC(C(=O)Nc1ccc([N+](=O)[O-])cc1Br)c1ccccc1. The Morgan fingerprint density at radius 3 is 2.42 bits per heavy atom. The summed E-state index contributed by atoms with van der Waals surface area (Å²) in [5, 5.41) is 13.6. The molecule has 0 aliphatic carbocycles. The summed E-state index contributed by atoms with van der Waals surface area (Å²) in [6.45, 7) is 0. The van der Waals surface area contributed by atoms with E-state index < -0.39 is 22.9 Å². The molecular weight excluding hydrogens is 512 g/mol. The van der Waals surface area contributed by atoms with E-state index in [0.29, 0.717) is 21.5 Å². The van der Waals surface area contributed by atoms with Crippen LogP contribution in [0.1, 0.15) is 22.0 Å². The second-order valence-corrected chi connectivity index (χ2v) is 8.41. The molecular formula is C23H19BrN2O6S. The molecule has 170 valence electrons. The minimum atomic E-state index is -1.27. The molecule has 0 saturated heterocycles. The fraction of sp³-hybridized carbons (Fsp3) is 0.130. The van der Waals surface area contributed by atoms with E-state index in [2.05, 4.69) is 21.2 Å². The minimum Gasteiger partial charge on any atom is -0.496 e. The molecule has 0 spiro atoms. The molecule has 3 aromatic carbocycles. The average Bonchev–Trinajstić information content (AvgIpc) is 2.83. The van der Waals surface area contributed by atoms with Crippen LogP contribution < -0.4 is 10.1 Å². The lowest BCUT2D eigenvalue weighted by molar-refractivity contribution is -0.384. The highest BCUT2D eigenvalue weighted by molar-refractivity contribution is 9.10. The summed E-state index contributed by atoms with van der Waals surface area (Å²) < 4.78 is 11.3. The maximum atomic E-state index is 13.1. The Balaban J connectivity index is 1.89. The summed E-state index contributed by atoms with van der Waals surface area (Å²) in [5.74, 6) is -1.02. The predicted molar refractivity (Wildman–Crippen MR) is 129 cm³/mol. The fourth-order valence-corrected chi connectivity index (χ4v) is 3.85. The number of carbonyl (C=O) groups excluding carboxylic acids is 2. The van der Waals surface area contributed by atoms with E-state index in [1.807, 2.05) is 6.26 Å². The first kappa shape index (κ1) is 24.3. The Hall–Kier alpha value is -3.37. The van der Waals surface area contributed by atoms with Gasteiger partial charge >= 0.3 is 5.97 Å². The lowest BCUT2D eigenvalue weighted by Gasteiger charge is -2.19. The summed E-state index contributed by atoms with van der Waals surface area (Å²) in [7, 11) is 1.45. The van der Waals surface area contributed by atoms with Crippen molar-refractivity contribution < 1.29 is 24.0 Å². The molecule has 0 heterocycles. The van der Waals surface area contributed by atoms with Crippen LogP contribution in [-0.4, -0.2) is 30.2 Å². The van der Waals surface area contributed by atoms with Crippen molar-refractivity contribution in [2.45, 2.75) is 11.0 Å². The van der Waals surface area contributed by atoms with Crippen molar-refractivity contribution in [1.29, 1.82) is 0 Å². The zero-order valence-electron chi connectivity index (χ0n) is 17.6. The van der Waals surface area contributed by atoms with E-state index in [1.54, 1.807) is 48.5 Å². The van der Waals surface area contributed by atoms with Gasteiger partial charge in [0.25, 0.3) is 11.6 Å². The number of hydrogen-bond donors (Lipinski definition) is 1.